The molecule has 5 nitrogen and oxygen atoms in total. The lowest BCUT2D eigenvalue weighted by Crippen LogP contribution is -2.31. The van der Waals surface area contributed by atoms with Crippen molar-refractivity contribution in [3.63, 3.8) is 0 Å². The van der Waals surface area contributed by atoms with Gasteiger partial charge in [0.25, 0.3) is 0 Å². The van der Waals surface area contributed by atoms with Gasteiger partial charge in [0.05, 0.1) is 18.5 Å². The molecule has 1 aliphatic rings. The average Bonchev–Trinajstić information content (AvgIpc) is 3.10. The van der Waals surface area contributed by atoms with Crippen molar-refractivity contribution < 1.29 is 4.74 Å². The van der Waals surface area contributed by atoms with Crippen LogP contribution in [-0.2, 0) is 0 Å². The number of hydrogen-bond acceptors (Lipinski definition) is 4. The summed E-state index contributed by atoms with van der Waals surface area (Å²) in [5, 5.41) is 5.32. The highest BCUT2D eigenvalue weighted by atomic mass is 35.5. The van der Waals surface area contributed by atoms with Crippen molar-refractivity contribution in [3.8, 4) is 17.1 Å². The summed E-state index contributed by atoms with van der Waals surface area (Å²) in [5.41, 5.74) is 2.75. The maximum absolute atomic E-state index is 5.98. The predicted octanol–water partition coefficient (Wildman–Crippen LogP) is 4.30. The molecule has 0 radical (unpaired) electrons. The number of likely N-dealkylation sites (tertiary alicyclic amines) is 1. The Bertz CT molecular complexity index is 856. The minimum atomic E-state index is 0.629. The zero-order valence-corrected chi connectivity index (χ0v) is 15.5. The van der Waals surface area contributed by atoms with E-state index in [-0.39, 0.29) is 0 Å². The lowest BCUT2D eigenvalue weighted by Gasteiger charge is -2.26. The van der Waals surface area contributed by atoms with Crippen molar-refractivity contribution in [2.45, 2.75) is 25.7 Å². The van der Waals surface area contributed by atoms with Crippen LogP contribution >= 0.6 is 11.6 Å². The van der Waals surface area contributed by atoms with Gasteiger partial charge in [0.15, 0.2) is 5.65 Å². The Morgan fingerprint density at radius 2 is 1.81 bits per heavy atom. The molecule has 0 N–H and O–H groups in total. The molecule has 0 amide bonds. The van der Waals surface area contributed by atoms with Gasteiger partial charge in [0, 0.05) is 23.2 Å². The Morgan fingerprint density at radius 1 is 1.00 bits per heavy atom. The van der Waals surface area contributed by atoms with Gasteiger partial charge in [-0.2, -0.15) is 0 Å². The van der Waals surface area contributed by atoms with E-state index in [9.17, 15) is 0 Å². The van der Waals surface area contributed by atoms with Crippen LogP contribution in [0, 0.1) is 0 Å². The van der Waals surface area contributed by atoms with E-state index in [0.717, 1.165) is 29.9 Å². The fraction of sp³-hybridized carbons (Fsp3) is 0.400. The first-order valence-electron chi connectivity index (χ1n) is 9.25. The molecule has 1 aromatic carbocycles. The van der Waals surface area contributed by atoms with Crippen LogP contribution in [0.1, 0.15) is 25.7 Å². The van der Waals surface area contributed by atoms with Gasteiger partial charge in [-0.15, -0.1) is 5.10 Å². The van der Waals surface area contributed by atoms with E-state index in [1.54, 1.807) is 0 Å². The summed E-state index contributed by atoms with van der Waals surface area (Å²) in [6.45, 7) is 4.23. The summed E-state index contributed by atoms with van der Waals surface area (Å²) >= 11 is 5.98. The number of piperidine rings is 1. The highest BCUT2D eigenvalue weighted by Crippen LogP contribution is 2.23. The first-order valence-corrected chi connectivity index (χ1v) is 9.63. The zero-order valence-electron chi connectivity index (χ0n) is 14.8. The van der Waals surface area contributed by atoms with Crippen LogP contribution in [0.15, 0.2) is 42.6 Å². The standard InChI is InChI=1S/C20H23ClN4O/c21-17-7-5-16(6-8-17)18-15-22-19-9-10-20(23-25(18)19)26-14-4-13-24-11-2-1-3-12-24/h5-10,15H,1-4,11-14H2. The van der Waals surface area contributed by atoms with E-state index >= 15 is 0 Å². The monoisotopic (exact) mass is 370 g/mol. The molecule has 1 saturated heterocycles. The number of fused-ring (bicyclic) bond motifs is 1. The number of halogens is 1. The molecular formula is C20H23ClN4O. The Labute approximate surface area is 158 Å². The molecule has 0 spiro atoms. The predicted molar refractivity (Wildman–Crippen MR) is 104 cm³/mol. The molecule has 3 aromatic rings. The minimum Gasteiger partial charge on any atom is -0.477 e. The second-order valence-electron chi connectivity index (χ2n) is 6.70. The summed E-state index contributed by atoms with van der Waals surface area (Å²) in [4.78, 5) is 6.95. The third-order valence-electron chi connectivity index (χ3n) is 4.80. The topological polar surface area (TPSA) is 42.7 Å². The highest BCUT2D eigenvalue weighted by molar-refractivity contribution is 6.30. The SMILES string of the molecule is Clc1ccc(-c2cnc3ccc(OCCCN4CCCCC4)nn23)cc1. The first-order chi connectivity index (χ1) is 12.8. The van der Waals surface area contributed by atoms with Crippen LogP contribution < -0.4 is 4.74 Å². The van der Waals surface area contributed by atoms with Crippen molar-refractivity contribution in [3.05, 3.63) is 47.6 Å². The van der Waals surface area contributed by atoms with E-state index in [1.165, 1.54) is 32.4 Å². The molecule has 136 valence electrons. The average molecular weight is 371 g/mol. The lowest BCUT2D eigenvalue weighted by atomic mass is 10.1. The van der Waals surface area contributed by atoms with Crippen LogP contribution in [-0.4, -0.2) is 45.7 Å². The molecule has 0 unspecified atom stereocenters. The summed E-state index contributed by atoms with van der Waals surface area (Å²) in [5.74, 6) is 0.629. The summed E-state index contributed by atoms with van der Waals surface area (Å²) in [7, 11) is 0. The maximum Gasteiger partial charge on any atom is 0.231 e. The molecule has 6 heteroatoms. The number of hydrogen-bond donors (Lipinski definition) is 0. The molecule has 4 rings (SSSR count). The van der Waals surface area contributed by atoms with Gasteiger partial charge in [0.1, 0.15) is 0 Å². The second kappa shape index (κ2) is 8.06. The van der Waals surface area contributed by atoms with Gasteiger partial charge < -0.3 is 9.64 Å². The Balaban J connectivity index is 1.41. The van der Waals surface area contributed by atoms with E-state index in [2.05, 4.69) is 15.0 Å². The van der Waals surface area contributed by atoms with Gasteiger partial charge >= 0.3 is 0 Å². The molecule has 0 bridgehead atoms. The molecule has 1 aliphatic heterocycles. The summed E-state index contributed by atoms with van der Waals surface area (Å²) in [6.07, 6.45) is 6.87. The third kappa shape index (κ3) is 4.00. The van der Waals surface area contributed by atoms with E-state index in [0.29, 0.717) is 17.5 Å². The molecule has 0 saturated carbocycles. The smallest absolute Gasteiger partial charge is 0.231 e. The normalized spacial score (nSPS) is 15.4. The molecule has 26 heavy (non-hydrogen) atoms. The lowest BCUT2D eigenvalue weighted by molar-refractivity contribution is 0.202. The Hall–Kier alpha value is -2.11. The maximum atomic E-state index is 5.98. The van der Waals surface area contributed by atoms with Gasteiger partial charge in [-0.25, -0.2) is 9.50 Å². The van der Waals surface area contributed by atoms with Gasteiger partial charge in [-0.3, -0.25) is 0 Å². The van der Waals surface area contributed by atoms with Gasteiger partial charge in [0.2, 0.25) is 5.88 Å². The van der Waals surface area contributed by atoms with Crippen molar-refractivity contribution in [1.82, 2.24) is 19.5 Å². The molecular weight excluding hydrogens is 348 g/mol. The number of rotatable bonds is 6. The fourth-order valence-electron chi connectivity index (χ4n) is 3.40. The van der Waals surface area contributed by atoms with Crippen molar-refractivity contribution >= 4 is 17.2 Å². The van der Waals surface area contributed by atoms with Crippen LogP contribution in [0.3, 0.4) is 0 Å². The summed E-state index contributed by atoms with van der Waals surface area (Å²) in [6, 6.07) is 11.5. The highest BCUT2D eigenvalue weighted by Gasteiger charge is 2.10. The fourth-order valence-corrected chi connectivity index (χ4v) is 3.52. The number of aromatic nitrogens is 3. The van der Waals surface area contributed by atoms with Crippen molar-refractivity contribution in [1.29, 1.82) is 0 Å². The third-order valence-corrected chi connectivity index (χ3v) is 5.05. The van der Waals surface area contributed by atoms with Crippen LogP contribution in [0.25, 0.3) is 16.9 Å². The van der Waals surface area contributed by atoms with E-state index in [4.69, 9.17) is 16.3 Å². The van der Waals surface area contributed by atoms with Gasteiger partial charge in [-0.05, 0) is 50.6 Å². The number of benzene rings is 1. The first kappa shape index (κ1) is 17.3. The number of ether oxygens (including phenoxy) is 1. The number of imidazole rings is 1. The summed E-state index contributed by atoms with van der Waals surface area (Å²) < 4.78 is 7.70. The van der Waals surface area contributed by atoms with E-state index in [1.807, 2.05) is 47.1 Å². The molecule has 2 aromatic heterocycles. The van der Waals surface area contributed by atoms with Crippen LogP contribution in [0.4, 0.5) is 0 Å². The molecule has 0 atom stereocenters. The van der Waals surface area contributed by atoms with Crippen molar-refractivity contribution in [2.24, 2.45) is 0 Å². The quantitative estimate of drug-likeness (QED) is 0.606. The largest absolute Gasteiger partial charge is 0.477 e. The minimum absolute atomic E-state index is 0.629. The molecule has 3 heterocycles. The number of nitrogens with zero attached hydrogens (tertiary/aromatic N) is 4. The van der Waals surface area contributed by atoms with Gasteiger partial charge in [-0.1, -0.05) is 30.2 Å². The zero-order chi connectivity index (χ0) is 17.8. The van der Waals surface area contributed by atoms with Crippen LogP contribution in [0.2, 0.25) is 5.02 Å². The van der Waals surface area contributed by atoms with Crippen molar-refractivity contribution in [2.75, 3.05) is 26.2 Å². The van der Waals surface area contributed by atoms with Crippen LogP contribution in [0.5, 0.6) is 5.88 Å². The van der Waals surface area contributed by atoms with E-state index < -0.39 is 0 Å². The Kier molecular flexibility index (Phi) is 5.37. The second-order valence-corrected chi connectivity index (χ2v) is 7.13. The molecule has 1 fully saturated rings. The molecule has 0 aliphatic carbocycles. The Morgan fingerprint density at radius 3 is 2.62 bits per heavy atom.